The number of ether oxygens (including phenoxy) is 1. The summed E-state index contributed by atoms with van der Waals surface area (Å²) in [7, 11) is 1.44. The number of hydrogen-bond donors (Lipinski definition) is 0. The van der Waals surface area contributed by atoms with Crippen LogP contribution in [0.4, 0.5) is 4.79 Å². The summed E-state index contributed by atoms with van der Waals surface area (Å²) in [5.74, 6) is 1.71. The lowest BCUT2D eigenvalue weighted by atomic mass is 9.95. The number of carbonyl (C=O) groups excluding carboxylic acids is 1. The van der Waals surface area contributed by atoms with Crippen LogP contribution in [0.1, 0.15) is 12.8 Å². The van der Waals surface area contributed by atoms with Crippen molar-refractivity contribution in [2.45, 2.75) is 12.8 Å². The second-order valence-electron chi connectivity index (χ2n) is 3.47. The van der Waals surface area contributed by atoms with Gasteiger partial charge >= 0.3 is 6.09 Å². The number of methoxy groups -OCH3 is 1. The summed E-state index contributed by atoms with van der Waals surface area (Å²) in [6.07, 6.45) is 2.58. The maximum Gasteiger partial charge on any atom is 0.409 e. The van der Waals surface area contributed by atoms with Crippen LogP contribution < -0.4 is 0 Å². The molecule has 1 heterocycles. The Morgan fingerprint density at radius 3 is 2.45 bits per heavy atom. The van der Waals surface area contributed by atoms with Crippen LogP contribution in [-0.2, 0) is 4.74 Å². The number of likely N-dealkylation sites (tertiary alicyclic amines) is 1. The van der Waals surface area contributed by atoms with E-state index in [1.165, 1.54) is 20.0 Å². The van der Waals surface area contributed by atoms with E-state index in [1.807, 2.05) is 0 Å². The first-order valence-electron chi connectivity index (χ1n) is 4.14. The molecule has 1 aliphatic heterocycles. The molecule has 2 aliphatic rings. The van der Waals surface area contributed by atoms with Crippen molar-refractivity contribution in [1.29, 1.82) is 0 Å². The third-order valence-corrected chi connectivity index (χ3v) is 2.63. The van der Waals surface area contributed by atoms with Gasteiger partial charge in [-0.25, -0.2) is 4.79 Å². The Labute approximate surface area is 66.3 Å². The summed E-state index contributed by atoms with van der Waals surface area (Å²) in [6.45, 7) is 1.86. The number of rotatable bonds is 1. The normalized spacial score (nSPS) is 24.6. The van der Waals surface area contributed by atoms with Crippen LogP contribution in [-0.4, -0.2) is 31.2 Å². The molecule has 0 bridgehead atoms. The highest BCUT2D eigenvalue weighted by atomic mass is 16.5. The third-order valence-electron chi connectivity index (χ3n) is 2.63. The molecule has 1 amide bonds. The van der Waals surface area contributed by atoms with Crippen LogP contribution in [0, 0.1) is 11.8 Å². The van der Waals surface area contributed by atoms with Gasteiger partial charge in [0.05, 0.1) is 7.11 Å². The molecule has 0 unspecified atom stereocenters. The van der Waals surface area contributed by atoms with Crippen LogP contribution in [0.25, 0.3) is 0 Å². The van der Waals surface area contributed by atoms with Gasteiger partial charge in [-0.2, -0.15) is 0 Å². The van der Waals surface area contributed by atoms with Gasteiger partial charge in [0.25, 0.3) is 0 Å². The Balaban J connectivity index is 1.74. The zero-order valence-electron chi connectivity index (χ0n) is 6.75. The molecule has 3 heteroatoms. The minimum absolute atomic E-state index is 0.165. The molecule has 0 atom stereocenters. The van der Waals surface area contributed by atoms with Gasteiger partial charge in [0.1, 0.15) is 0 Å². The topological polar surface area (TPSA) is 29.5 Å². The fraction of sp³-hybridized carbons (Fsp3) is 0.875. The van der Waals surface area contributed by atoms with E-state index in [0.717, 1.165) is 24.9 Å². The Kier molecular flexibility index (Phi) is 1.51. The Bertz CT molecular complexity index is 171. The summed E-state index contributed by atoms with van der Waals surface area (Å²) in [5, 5.41) is 0. The zero-order valence-corrected chi connectivity index (χ0v) is 6.75. The van der Waals surface area contributed by atoms with Crippen molar-refractivity contribution in [1.82, 2.24) is 4.90 Å². The summed E-state index contributed by atoms with van der Waals surface area (Å²) < 4.78 is 4.59. The molecule has 0 radical (unpaired) electrons. The van der Waals surface area contributed by atoms with Gasteiger partial charge in [-0.3, -0.25) is 0 Å². The zero-order chi connectivity index (χ0) is 7.84. The minimum Gasteiger partial charge on any atom is -0.453 e. The standard InChI is InChI=1S/C8H13NO2/c1-11-8(10)9-4-7(5-9)6-2-3-6/h6-7H,2-5H2,1H3. The van der Waals surface area contributed by atoms with E-state index in [4.69, 9.17) is 0 Å². The van der Waals surface area contributed by atoms with Crippen molar-refractivity contribution in [3.63, 3.8) is 0 Å². The monoisotopic (exact) mass is 155 g/mol. The van der Waals surface area contributed by atoms with Gasteiger partial charge in [-0.1, -0.05) is 0 Å². The van der Waals surface area contributed by atoms with Crippen LogP contribution in [0.15, 0.2) is 0 Å². The maximum absolute atomic E-state index is 10.9. The number of nitrogens with zero attached hydrogens (tertiary/aromatic N) is 1. The predicted octanol–water partition coefficient (Wildman–Crippen LogP) is 1.09. The molecule has 1 aliphatic carbocycles. The molecule has 0 N–H and O–H groups in total. The first-order valence-corrected chi connectivity index (χ1v) is 4.14. The van der Waals surface area contributed by atoms with E-state index in [2.05, 4.69) is 4.74 Å². The molecule has 3 nitrogen and oxygen atoms in total. The number of amides is 1. The highest BCUT2D eigenvalue weighted by Gasteiger charge is 2.41. The Morgan fingerprint density at radius 2 is 2.00 bits per heavy atom. The van der Waals surface area contributed by atoms with E-state index in [1.54, 1.807) is 4.90 Å². The highest BCUT2D eigenvalue weighted by Crippen LogP contribution is 2.41. The van der Waals surface area contributed by atoms with Crippen molar-refractivity contribution in [2.24, 2.45) is 11.8 Å². The van der Waals surface area contributed by atoms with Crippen molar-refractivity contribution in [2.75, 3.05) is 20.2 Å². The van der Waals surface area contributed by atoms with Gasteiger partial charge in [-0.05, 0) is 24.7 Å². The van der Waals surface area contributed by atoms with Gasteiger partial charge < -0.3 is 9.64 Å². The second-order valence-corrected chi connectivity index (χ2v) is 3.47. The van der Waals surface area contributed by atoms with E-state index < -0.39 is 0 Å². The fourth-order valence-corrected chi connectivity index (χ4v) is 1.66. The quantitative estimate of drug-likeness (QED) is 0.567. The van der Waals surface area contributed by atoms with Crippen molar-refractivity contribution in [3.05, 3.63) is 0 Å². The number of hydrogen-bond acceptors (Lipinski definition) is 2. The van der Waals surface area contributed by atoms with Crippen molar-refractivity contribution < 1.29 is 9.53 Å². The second kappa shape index (κ2) is 2.40. The average molecular weight is 155 g/mol. The molecule has 0 aromatic heterocycles. The lowest BCUT2D eigenvalue weighted by molar-refractivity contribution is 0.0601. The molecule has 0 aromatic carbocycles. The Morgan fingerprint density at radius 1 is 1.36 bits per heavy atom. The van der Waals surface area contributed by atoms with E-state index in [0.29, 0.717) is 0 Å². The molecule has 2 rings (SSSR count). The lowest BCUT2D eigenvalue weighted by Gasteiger charge is -2.38. The third kappa shape index (κ3) is 1.19. The molecular weight excluding hydrogens is 142 g/mol. The van der Waals surface area contributed by atoms with Gasteiger partial charge in [0.15, 0.2) is 0 Å². The molecule has 1 saturated heterocycles. The van der Waals surface area contributed by atoms with E-state index in [-0.39, 0.29) is 6.09 Å². The largest absolute Gasteiger partial charge is 0.453 e. The van der Waals surface area contributed by atoms with Gasteiger partial charge in [-0.15, -0.1) is 0 Å². The minimum atomic E-state index is -0.165. The van der Waals surface area contributed by atoms with E-state index >= 15 is 0 Å². The van der Waals surface area contributed by atoms with Gasteiger partial charge in [0.2, 0.25) is 0 Å². The molecule has 2 fully saturated rings. The first-order chi connectivity index (χ1) is 5.31. The van der Waals surface area contributed by atoms with E-state index in [9.17, 15) is 4.79 Å². The molecule has 1 saturated carbocycles. The predicted molar refractivity (Wildman–Crippen MR) is 40.2 cm³/mol. The highest BCUT2D eigenvalue weighted by molar-refractivity contribution is 5.68. The molecule has 11 heavy (non-hydrogen) atoms. The summed E-state index contributed by atoms with van der Waals surface area (Å²) in [4.78, 5) is 12.7. The lowest BCUT2D eigenvalue weighted by Crippen LogP contribution is -2.50. The van der Waals surface area contributed by atoms with Crippen molar-refractivity contribution >= 4 is 6.09 Å². The molecule has 0 spiro atoms. The fourth-order valence-electron chi connectivity index (χ4n) is 1.66. The summed E-state index contributed by atoms with van der Waals surface area (Å²) in [6, 6.07) is 0. The van der Waals surface area contributed by atoms with Crippen LogP contribution >= 0.6 is 0 Å². The SMILES string of the molecule is COC(=O)N1CC(C2CC2)C1. The first kappa shape index (κ1) is 6.95. The summed E-state index contributed by atoms with van der Waals surface area (Å²) >= 11 is 0. The van der Waals surface area contributed by atoms with Crippen molar-refractivity contribution in [3.8, 4) is 0 Å². The molecule has 62 valence electrons. The Hall–Kier alpha value is -0.730. The van der Waals surface area contributed by atoms with Crippen LogP contribution in [0.5, 0.6) is 0 Å². The molecular formula is C8H13NO2. The van der Waals surface area contributed by atoms with Crippen LogP contribution in [0.2, 0.25) is 0 Å². The van der Waals surface area contributed by atoms with Crippen LogP contribution in [0.3, 0.4) is 0 Å². The number of carbonyl (C=O) groups is 1. The average Bonchev–Trinajstić information content (AvgIpc) is 2.67. The molecule has 0 aromatic rings. The summed E-state index contributed by atoms with van der Waals surface area (Å²) in [5.41, 5.74) is 0. The maximum atomic E-state index is 10.9. The van der Waals surface area contributed by atoms with Gasteiger partial charge in [0, 0.05) is 13.1 Å². The smallest absolute Gasteiger partial charge is 0.409 e.